The first kappa shape index (κ1) is 18.0. The Balaban J connectivity index is 1.74. The van der Waals surface area contributed by atoms with Crippen LogP contribution in [0.3, 0.4) is 0 Å². The Morgan fingerprint density at radius 2 is 1.92 bits per heavy atom. The fraction of sp³-hybridized carbons (Fsp3) is 0.400. The molecule has 0 spiro atoms. The van der Waals surface area contributed by atoms with Crippen molar-refractivity contribution in [3.8, 4) is 11.5 Å². The predicted molar refractivity (Wildman–Crippen MR) is 102 cm³/mol. The van der Waals surface area contributed by atoms with E-state index in [1.807, 2.05) is 18.3 Å². The van der Waals surface area contributed by atoms with E-state index in [4.69, 9.17) is 9.47 Å². The number of amides is 1. The van der Waals surface area contributed by atoms with E-state index in [2.05, 4.69) is 22.1 Å². The van der Waals surface area contributed by atoms with Crippen LogP contribution in [-0.2, 0) is 0 Å². The fourth-order valence-corrected chi connectivity index (χ4v) is 3.32. The second-order valence-electron chi connectivity index (χ2n) is 6.59. The number of piperidine rings is 1. The molecule has 6 nitrogen and oxygen atoms in total. The minimum absolute atomic E-state index is 0.314. The Hall–Kier alpha value is -2.76. The quantitative estimate of drug-likeness (QED) is 0.888. The third kappa shape index (κ3) is 3.90. The topological polar surface area (TPSA) is 63.7 Å². The van der Waals surface area contributed by atoms with E-state index in [1.54, 1.807) is 18.2 Å². The summed E-state index contributed by atoms with van der Waals surface area (Å²) in [5.74, 6) is 1.80. The lowest BCUT2D eigenvalue weighted by Gasteiger charge is -2.32. The summed E-state index contributed by atoms with van der Waals surface area (Å²) in [4.78, 5) is 19.4. The van der Waals surface area contributed by atoms with E-state index < -0.39 is 0 Å². The summed E-state index contributed by atoms with van der Waals surface area (Å²) in [7, 11) is 3.05. The molecule has 0 saturated carbocycles. The van der Waals surface area contributed by atoms with Gasteiger partial charge in [0.15, 0.2) is 0 Å². The summed E-state index contributed by atoms with van der Waals surface area (Å²) in [6.45, 7) is 4.37. The van der Waals surface area contributed by atoms with Crippen LogP contribution < -0.4 is 19.7 Å². The molecule has 0 bridgehead atoms. The Morgan fingerprint density at radius 1 is 1.19 bits per heavy atom. The highest BCUT2D eigenvalue weighted by molar-refractivity contribution is 6.07. The number of methoxy groups -OCH3 is 2. The highest BCUT2D eigenvalue weighted by Gasteiger charge is 2.20. The van der Waals surface area contributed by atoms with Gasteiger partial charge in [-0.25, -0.2) is 4.98 Å². The van der Waals surface area contributed by atoms with Crippen molar-refractivity contribution < 1.29 is 14.3 Å². The molecular formula is C20H25N3O3. The number of pyridine rings is 1. The van der Waals surface area contributed by atoms with Crippen LogP contribution in [-0.4, -0.2) is 38.2 Å². The van der Waals surface area contributed by atoms with Crippen LogP contribution in [0.2, 0.25) is 0 Å². The van der Waals surface area contributed by atoms with Gasteiger partial charge in [-0.2, -0.15) is 0 Å². The molecule has 1 saturated heterocycles. The molecule has 1 amide bonds. The molecule has 3 rings (SSSR count). The molecule has 1 fully saturated rings. The maximum absolute atomic E-state index is 12.7. The normalized spacial score (nSPS) is 16.9. The van der Waals surface area contributed by atoms with Crippen molar-refractivity contribution in [3.63, 3.8) is 0 Å². The van der Waals surface area contributed by atoms with Gasteiger partial charge in [-0.1, -0.05) is 13.0 Å². The van der Waals surface area contributed by atoms with Gasteiger partial charge in [0.1, 0.15) is 22.9 Å². The Bertz CT molecular complexity index is 739. The van der Waals surface area contributed by atoms with Crippen molar-refractivity contribution >= 4 is 17.4 Å². The van der Waals surface area contributed by atoms with Gasteiger partial charge >= 0.3 is 0 Å². The minimum Gasteiger partial charge on any atom is -0.496 e. The van der Waals surface area contributed by atoms with E-state index >= 15 is 0 Å². The molecule has 0 aliphatic carbocycles. The number of carbonyl (C=O) groups is 1. The molecule has 0 radical (unpaired) electrons. The lowest BCUT2D eigenvalue weighted by atomic mass is 10.00. The van der Waals surface area contributed by atoms with Gasteiger partial charge in [0.05, 0.1) is 26.1 Å². The second-order valence-corrected chi connectivity index (χ2v) is 6.59. The lowest BCUT2D eigenvalue weighted by molar-refractivity contribution is 0.102. The first-order valence-corrected chi connectivity index (χ1v) is 8.85. The molecule has 1 N–H and O–H groups in total. The summed E-state index contributed by atoms with van der Waals surface area (Å²) in [6, 6.07) is 9.06. The summed E-state index contributed by atoms with van der Waals surface area (Å²) < 4.78 is 10.6. The van der Waals surface area contributed by atoms with Crippen LogP contribution in [0.25, 0.3) is 0 Å². The van der Waals surface area contributed by atoms with E-state index in [0.29, 0.717) is 28.8 Å². The van der Waals surface area contributed by atoms with E-state index in [1.165, 1.54) is 27.1 Å². The molecule has 1 aromatic carbocycles. The maximum Gasteiger partial charge on any atom is 0.264 e. The third-order valence-electron chi connectivity index (χ3n) is 4.67. The molecule has 1 unspecified atom stereocenters. The van der Waals surface area contributed by atoms with Crippen molar-refractivity contribution in [2.75, 3.05) is 37.5 Å². The monoisotopic (exact) mass is 355 g/mol. The number of rotatable bonds is 5. The van der Waals surface area contributed by atoms with Gasteiger partial charge < -0.3 is 19.7 Å². The van der Waals surface area contributed by atoms with Crippen LogP contribution in [0.4, 0.5) is 11.5 Å². The number of hydrogen-bond donors (Lipinski definition) is 1. The Kier molecular flexibility index (Phi) is 5.61. The smallest absolute Gasteiger partial charge is 0.264 e. The predicted octanol–water partition coefficient (Wildman–Crippen LogP) is 3.59. The van der Waals surface area contributed by atoms with Gasteiger partial charge in [-0.3, -0.25) is 4.79 Å². The molecule has 1 aliphatic heterocycles. The minimum atomic E-state index is -0.314. The molecule has 2 heterocycles. The zero-order valence-electron chi connectivity index (χ0n) is 15.5. The Labute approximate surface area is 154 Å². The van der Waals surface area contributed by atoms with E-state index in [9.17, 15) is 4.79 Å². The molecule has 2 aromatic rings. The zero-order chi connectivity index (χ0) is 18.5. The number of ether oxygens (including phenoxy) is 2. The van der Waals surface area contributed by atoms with Gasteiger partial charge in [-0.15, -0.1) is 0 Å². The largest absolute Gasteiger partial charge is 0.496 e. The SMILES string of the molecule is COc1cccc(OC)c1C(=O)Nc1ccc(N2CCCC(C)C2)cn1. The zero-order valence-corrected chi connectivity index (χ0v) is 15.5. The Morgan fingerprint density at radius 3 is 2.50 bits per heavy atom. The van der Waals surface area contributed by atoms with Crippen molar-refractivity contribution in [3.05, 3.63) is 42.1 Å². The van der Waals surface area contributed by atoms with Crippen LogP contribution in [0, 0.1) is 5.92 Å². The molecule has 1 aromatic heterocycles. The van der Waals surface area contributed by atoms with Gasteiger partial charge in [-0.05, 0) is 43.0 Å². The first-order chi connectivity index (χ1) is 12.6. The maximum atomic E-state index is 12.7. The molecule has 26 heavy (non-hydrogen) atoms. The highest BCUT2D eigenvalue weighted by Crippen LogP contribution is 2.29. The second kappa shape index (κ2) is 8.08. The van der Waals surface area contributed by atoms with Crippen molar-refractivity contribution in [1.29, 1.82) is 0 Å². The number of aromatic nitrogens is 1. The number of carbonyl (C=O) groups excluding carboxylic acids is 1. The average Bonchev–Trinajstić information content (AvgIpc) is 2.67. The van der Waals surface area contributed by atoms with Crippen molar-refractivity contribution in [1.82, 2.24) is 4.98 Å². The van der Waals surface area contributed by atoms with Crippen LogP contribution in [0.5, 0.6) is 11.5 Å². The molecule has 138 valence electrons. The highest BCUT2D eigenvalue weighted by atomic mass is 16.5. The van der Waals surface area contributed by atoms with Crippen LogP contribution >= 0.6 is 0 Å². The fourth-order valence-electron chi connectivity index (χ4n) is 3.32. The number of nitrogens with one attached hydrogen (secondary N) is 1. The first-order valence-electron chi connectivity index (χ1n) is 8.85. The van der Waals surface area contributed by atoms with E-state index in [0.717, 1.165) is 18.8 Å². The summed E-state index contributed by atoms with van der Waals surface area (Å²) >= 11 is 0. The molecule has 1 aliphatic rings. The van der Waals surface area contributed by atoms with Crippen molar-refractivity contribution in [2.45, 2.75) is 19.8 Å². The van der Waals surface area contributed by atoms with Crippen LogP contribution in [0.1, 0.15) is 30.1 Å². The molecule has 6 heteroatoms. The van der Waals surface area contributed by atoms with Gasteiger partial charge in [0, 0.05) is 13.1 Å². The standard InChI is InChI=1S/C20H25N3O3/c1-14-6-5-11-23(13-14)15-9-10-18(21-12-15)22-20(24)19-16(25-2)7-4-8-17(19)26-3/h4,7-10,12,14H,5-6,11,13H2,1-3H3,(H,21,22,24). The summed E-state index contributed by atoms with van der Waals surface area (Å²) in [6.07, 6.45) is 4.29. The molecular weight excluding hydrogens is 330 g/mol. The molecule has 1 atom stereocenters. The van der Waals surface area contributed by atoms with E-state index in [-0.39, 0.29) is 5.91 Å². The average molecular weight is 355 g/mol. The number of hydrogen-bond acceptors (Lipinski definition) is 5. The van der Waals surface area contributed by atoms with Crippen molar-refractivity contribution in [2.24, 2.45) is 5.92 Å². The summed E-state index contributed by atoms with van der Waals surface area (Å²) in [5, 5.41) is 2.82. The lowest BCUT2D eigenvalue weighted by Crippen LogP contribution is -2.34. The number of anilines is 2. The summed E-state index contributed by atoms with van der Waals surface area (Å²) in [5.41, 5.74) is 1.44. The van der Waals surface area contributed by atoms with Crippen LogP contribution in [0.15, 0.2) is 36.5 Å². The van der Waals surface area contributed by atoms with Gasteiger partial charge in [0.25, 0.3) is 5.91 Å². The van der Waals surface area contributed by atoms with Gasteiger partial charge in [0.2, 0.25) is 0 Å². The number of benzene rings is 1. The third-order valence-corrected chi connectivity index (χ3v) is 4.67. The number of nitrogens with zero attached hydrogens (tertiary/aromatic N) is 2.